The van der Waals surface area contributed by atoms with E-state index in [1.165, 1.54) is 0 Å². The van der Waals surface area contributed by atoms with Crippen molar-refractivity contribution in [1.82, 2.24) is 0 Å². The summed E-state index contributed by atoms with van der Waals surface area (Å²) in [6, 6.07) is 0. The Balaban J connectivity index is 2.39. The van der Waals surface area contributed by atoms with Crippen LogP contribution in [-0.4, -0.2) is 17.5 Å². The third-order valence-electron chi connectivity index (χ3n) is 3.97. The van der Waals surface area contributed by atoms with Crippen LogP contribution in [0.15, 0.2) is 0 Å². The molecular formula is C14H22F2O2. The van der Waals surface area contributed by atoms with Gasteiger partial charge in [-0.05, 0) is 25.2 Å². The minimum Gasteiger partial charge on any atom is -0.299 e. The highest BCUT2D eigenvalue weighted by Crippen LogP contribution is 2.33. The minimum atomic E-state index is -3.18. The van der Waals surface area contributed by atoms with Gasteiger partial charge in [-0.3, -0.25) is 9.59 Å². The number of alkyl halides is 2. The molecule has 4 heteroatoms. The summed E-state index contributed by atoms with van der Waals surface area (Å²) >= 11 is 0. The molecule has 1 fully saturated rings. The highest BCUT2D eigenvalue weighted by atomic mass is 19.3. The predicted octanol–water partition coefficient (Wildman–Crippen LogP) is 3.78. The lowest BCUT2D eigenvalue weighted by molar-refractivity contribution is -0.144. The molecule has 0 amide bonds. The van der Waals surface area contributed by atoms with Crippen LogP contribution in [0.1, 0.15) is 58.8 Å². The quantitative estimate of drug-likeness (QED) is 0.698. The zero-order valence-corrected chi connectivity index (χ0v) is 11.2. The standard InChI is InChI=1S/C14H22F2O2/c1-3-4-9-14(15,16)13(18)8-6-11-5-7-12(17)10(11)2/h10-11H,3-9H2,1-2H3/t10-,11-/m1/s1. The zero-order valence-electron chi connectivity index (χ0n) is 11.2. The second kappa shape index (κ2) is 6.39. The second-order valence-electron chi connectivity index (χ2n) is 5.32. The maximum atomic E-state index is 13.4. The monoisotopic (exact) mass is 260 g/mol. The van der Waals surface area contributed by atoms with E-state index in [0.29, 0.717) is 25.7 Å². The van der Waals surface area contributed by atoms with Crippen LogP contribution in [0.4, 0.5) is 8.78 Å². The van der Waals surface area contributed by atoms with E-state index in [2.05, 4.69) is 0 Å². The van der Waals surface area contributed by atoms with Crippen molar-refractivity contribution in [2.75, 3.05) is 0 Å². The smallest absolute Gasteiger partial charge is 0.299 e. The Morgan fingerprint density at radius 2 is 2.11 bits per heavy atom. The van der Waals surface area contributed by atoms with Gasteiger partial charge in [0.25, 0.3) is 0 Å². The number of hydrogen-bond donors (Lipinski definition) is 0. The Morgan fingerprint density at radius 1 is 1.44 bits per heavy atom. The topological polar surface area (TPSA) is 34.1 Å². The Kier molecular flexibility index (Phi) is 5.42. The van der Waals surface area contributed by atoms with Crippen LogP contribution in [0.25, 0.3) is 0 Å². The van der Waals surface area contributed by atoms with E-state index < -0.39 is 11.7 Å². The Labute approximate surface area is 107 Å². The summed E-state index contributed by atoms with van der Waals surface area (Å²) in [4.78, 5) is 22.8. The third kappa shape index (κ3) is 3.85. The molecule has 0 saturated heterocycles. The van der Waals surface area contributed by atoms with Crippen molar-refractivity contribution in [2.45, 2.75) is 64.7 Å². The van der Waals surface area contributed by atoms with Crippen molar-refractivity contribution in [3.8, 4) is 0 Å². The molecule has 2 atom stereocenters. The molecule has 0 aromatic carbocycles. The Bertz CT molecular complexity index is 313. The van der Waals surface area contributed by atoms with Gasteiger partial charge in [-0.2, -0.15) is 8.78 Å². The number of unbranched alkanes of at least 4 members (excludes halogenated alkanes) is 1. The van der Waals surface area contributed by atoms with E-state index >= 15 is 0 Å². The summed E-state index contributed by atoms with van der Waals surface area (Å²) in [7, 11) is 0. The van der Waals surface area contributed by atoms with E-state index in [4.69, 9.17) is 0 Å². The third-order valence-corrected chi connectivity index (χ3v) is 3.97. The van der Waals surface area contributed by atoms with Gasteiger partial charge in [-0.1, -0.05) is 20.3 Å². The molecule has 0 N–H and O–H groups in total. The Morgan fingerprint density at radius 3 is 2.61 bits per heavy atom. The molecular weight excluding hydrogens is 238 g/mol. The summed E-state index contributed by atoms with van der Waals surface area (Å²) in [6.45, 7) is 3.66. The highest BCUT2D eigenvalue weighted by molar-refractivity contribution is 5.86. The van der Waals surface area contributed by atoms with Crippen LogP contribution >= 0.6 is 0 Å². The number of hydrogen-bond acceptors (Lipinski definition) is 2. The summed E-state index contributed by atoms with van der Waals surface area (Å²) in [6.07, 6.45) is 2.29. The van der Waals surface area contributed by atoms with Crippen molar-refractivity contribution in [2.24, 2.45) is 11.8 Å². The van der Waals surface area contributed by atoms with E-state index in [1.807, 2.05) is 13.8 Å². The zero-order chi connectivity index (χ0) is 13.8. The van der Waals surface area contributed by atoms with Crippen LogP contribution < -0.4 is 0 Å². The van der Waals surface area contributed by atoms with Gasteiger partial charge in [0.15, 0.2) is 0 Å². The van der Waals surface area contributed by atoms with Crippen molar-refractivity contribution in [3.63, 3.8) is 0 Å². The van der Waals surface area contributed by atoms with Crippen LogP contribution in [0.2, 0.25) is 0 Å². The number of ketones is 2. The SMILES string of the molecule is CCCCC(F)(F)C(=O)CC[C@H]1CCC(=O)[C@@H]1C. The van der Waals surface area contributed by atoms with Gasteiger partial charge in [-0.25, -0.2) is 0 Å². The molecule has 0 bridgehead atoms. The van der Waals surface area contributed by atoms with Gasteiger partial charge >= 0.3 is 5.92 Å². The van der Waals surface area contributed by atoms with Gasteiger partial charge in [0.05, 0.1) is 0 Å². The van der Waals surface area contributed by atoms with Crippen LogP contribution in [0, 0.1) is 11.8 Å². The number of carbonyl (C=O) groups is 2. The molecule has 1 rings (SSSR count). The van der Waals surface area contributed by atoms with E-state index in [1.54, 1.807) is 0 Å². The second-order valence-corrected chi connectivity index (χ2v) is 5.32. The first-order valence-corrected chi connectivity index (χ1v) is 6.82. The van der Waals surface area contributed by atoms with E-state index in [9.17, 15) is 18.4 Å². The molecule has 18 heavy (non-hydrogen) atoms. The van der Waals surface area contributed by atoms with Gasteiger partial charge in [-0.15, -0.1) is 0 Å². The van der Waals surface area contributed by atoms with Gasteiger partial charge < -0.3 is 0 Å². The molecule has 1 aliphatic rings. The lowest BCUT2D eigenvalue weighted by Crippen LogP contribution is -2.29. The summed E-state index contributed by atoms with van der Waals surface area (Å²) in [5.41, 5.74) is 0. The van der Waals surface area contributed by atoms with Crippen molar-refractivity contribution < 1.29 is 18.4 Å². The molecule has 0 spiro atoms. The molecule has 0 radical (unpaired) electrons. The number of carbonyl (C=O) groups excluding carboxylic acids is 2. The largest absolute Gasteiger partial charge is 0.305 e. The molecule has 0 aliphatic heterocycles. The normalized spacial score (nSPS) is 24.6. The van der Waals surface area contributed by atoms with Crippen molar-refractivity contribution >= 4 is 11.6 Å². The molecule has 1 aliphatic carbocycles. The number of rotatable bonds is 7. The van der Waals surface area contributed by atoms with Gasteiger partial charge in [0, 0.05) is 25.2 Å². The summed E-state index contributed by atoms with van der Waals surface area (Å²) in [5, 5.41) is 0. The predicted molar refractivity (Wildman–Crippen MR) is 65.6 cm³/mol. The first-order valence-electron chi connectivity index (χ1n) is 6.82. The maximum absolute atomic E-state index is 13.4. The average molecular weight is 260 g/mol. The summed E-state index contributed by atoms with van der Waals surface area (Å²) < 4.78 is 26.9. The molecule has 104 valence electrons. The fourth-order valence-electron chi connectivity index (χ4n) is 2.50. The van der Waals surface area contributed by atoms with Gasteiger partial charge in [0.1, 0.15) is 5.78 Å². The van der Waals surface area contributed by atoms with Crippen molar-refractivity contribution in [3.05, 3.63) is 0 Å². The van der Waals surface area contributed by atoms with E-state index in [-0.39, 0.29) is 30.5 Å². The maximum Gasteiger partial charge on any atom is 0.305 e. The van der Waals surface area contributed by atoms with Crippen LogP contribution in [0.5, 0.6) is 0 Å². The number of Topliss-reactive ketones (excluding diaryl/α,β-unsaturated/α-hetero) is 2. The summed E-state index contributed by atoms with van der Waals surface area (Å²) in [5.74, 6) is -3.89. The minimum absolute atomic E-state index is 0.0675. The number of halogens is 2. The highest BCUT2D eigenvalue weighted by Gasteiger charge is 2.38. The lowest BCUT2D eigenvalue weighted by Gasteiger charge is -2.17. The fraction of sp³-hybridized carbons (Fsp3) is 0.857. The van der Waals surface area contributed by atoms with Crippen LogP contribution in [0.3, 0.4) is 0 Å². The molecule has 0 heterocycles. The molecule has 1 saturated carbocycles. The lowest BCUT2D eigenvalue weighted by atomic mass is 9.90. The molecule has 0 unspecified atom stereocenters. The van der Waals surface area contributed by atoms with Gasteiger partial charge in [0.2, 0.25) is 5.78 Å². The fourth-order valence-corrected chi connectivity index (χ4v) is 2.50. The first kappa shape index (κ1) is 15.3. The van der Waals surface area contributed by atoms with Crippen molar-refractivity contribution in [1.29, 1.82) is 0 Å². The van der Waals surface area contributed by atoms with Crippen LogP contribution in [-0.2, 0) is 9.59 Å². The Hall–Kier alpha value is -0.800. The first-order chi connectivity index (χ1) is 8.38. The molecule has 0 aromatic rings. The van der Waals surface area contributed by atoms with E-state index in [0.717, 1.165) is 6.42 Å². The molecule has 0 aromatic heterocycles. The average Bonchev–Trinajstić information content (AvgIpc) is 2.64. The molecule has 2 nitrogen and oxygen atoms in total.